The lowest BCUT2D eigenvalue weighted by atomic mass is 9.76. The van der Waals surface area contributed by atoms with Gasteiger partial charge in [0.05, 0.1) is 81.1 Å². The number of benzene rings is 1. The number of carbonyl (C=O) groups excluding carboxylic acids is 5. The monoisotopic (exact) mass is 1870 g/mol. The number of aliphatic hydroxyl groups excluding tert-OH is 10. The third-order valence-electron chi connectivity index (χ3n) is 25.7. The lowest BCUT2D eigenvalue weighted by Gasteiger charge is -2.39. The van der Waals surface area contributed by atoms with Crippen LogP contribution < -0.4 is 5.32 Å². The molecule has 1 aliphatic heterocycles. The van der Waals surface area contributed by atoms with Crippen LogP contribution in [0.2, 0.25) is 0 Å². The van der Waals surface area contributed by atoms with Crippen LogP contribution >= 0.6 is 11.8 Å². The molecule has 132 heavy (non-hydrogen) atoms. The first-order valence-corrected chi connectivity index (χ1v) is 47.6. The molecule has 0 amide bonds. The van der Waals surface area contributed by atoms with Crippen molar-refractivity contribution in [3.63, 3.8) is 0 Å². The van der Waals surface area contributed by atoms with Crippen LogP contribution in [0.1, 0.15) is 219 Å². The maximum Gasteiger partial charge on any atom is 0.204 e. The molecule has 11 N–H and O–H groups in total. The zero-order chi connectivity index (χ0) is 99.5. The number of ether oxygens (including phenoxy) is 10. The Labute approximate surface area is 791 Å². The first-order valence-electron chi connectivity index (χ1n) is 46.4. The van der Waals surface area contributed by atoms with Crippen molar-refractivity contribution in [2.45, 2.75) is 281 Å². The van der Waals surface area contributed by atoms with E-state index in [0.717, 1.165) is 88.2 Å². The van der Waals surface area contributed by atoms with Crippen molar-refractivity contribution in [2.75, 3.05) is 90.0 Å². The predicted molar refractivity (Wildman–Crippen MR) is 518 cm³/mol. The highest BCUT2D eigenvalue weighted by Gasteiger charge is 2.48. The van der Waals surface area contributed by atoms with Crippen LogP contribution in [0.15, 0.2) is 192 Å². The smallest absolute Gasteiger partial charge is 0.204 e. The normalized spacial score (nSPS) is 27.7. The van der Waals surface area contributed by atoms with Gasteiger partial charge in [-0.1, -0.05) is 170 Å². The summed E-state index contributed by atoms with van der Waals surface area (Å²) in [6.45, 7) is 31.9. The number of aliphatic hydroxyl groups is 10. The van der Waals surface area contributed by atoms with Crippen LogP contribution in [0.25, 0.3) is 0 Å². The molecule has 0 bridgehead atoms. The summed E-state index contributed by atoms with van der Waals surface area (Å²) in [5.41, 5.74) is 13.1. The summed E-state index contributed by atoms with van der Waals surface area (Å²) < 4.78 is 52.2. The van der Waals surface area contributed by atoms with E-state index in [1.54, 1.807) is 33.9 Å². The fraction of sp³-hybridized carbons (Fsp3) is 0.629. The van der Waals surface area contributed by atoms with E-state index in [1.807, 2.05) is 58.2 Å². The largest absolute Gasteiger partial charge is 0.496 e. The van der Waals surface area contributed by atoms with Crippen molar-refractivity contribution in [3.05, 3.63) is 197 Å². The SMILES string of the molecule is CNC1=C(OC)C(O)C(C/C=C(\C)CC/C=C(\C)CCC=C(C)C)C(C)C1=O.COC1=C(OC)C(O)C(C/C=C(\C)CCCO)C(C)C1=O.COC1=C(OC)C(O)C(C/C=C(\C)CCc2ccccc2)C(C)C1=O.COC1=C(OC)C(O)C(C/C=C(\C)CO[C@H]2OC(CO)[C@H](O)C(O)[C@H]2O)C(C)C1=O.COC1=C(SC)C(O)C(C/C=C(\C)CC/C=C(\C)CCC=C(C)C)C(C)C1=O. The third-order valence-corrected chi connectivity index (χ3v) is 26.6. The Morgan fingerprint density at radius 2 is 0.712 bits per heavy atom. The second kappa shape index (κ2) is 61.2. The fourth-order valence-corrected chi connectivity index (χ4v) is 17.6. The van der Waals surface area contributed by atoms with Gasteiger partial charge >= 0.3 is 0 Å². The van der Waals surface area contributed by atoms with Gasteiger partial charge in [-0.05, 0) is 197 Å². The maximum atomic E-state index is 12.6. The Kier molecular flexibility index (Phi) is 54.8. The van der Waals surface area contributed by atoms with E-state index >= 15 is 0 Å². The van der Waals surface area contributed by atoms with E-state index in [2.05, 4.69) is 122 Å². The van der Waals surface area contributed by atoms with Crippen molar-refractivity contribution in [1.29, 1.82) is 0 Å². The number of hydrogen-bond acceptors (Lipinski definition) is 27. The number of hydrogen-bond donors (Lipinski definition) is 11. The van der Waals surface area contributed by atoms with Gasteiger partial charge in [-0.3, -0.25) is 24.0 Å². The summed E-state index contributed by atoms with van der Waals surface area (Å²) in [6, 6.07) is 10.4. The van der Waals surface area contributed by atoms with Crippen molar-refractivity contribution in [3.8, 4) is 0 Å². The molecule has 1 fully saturated rings. The van der Waals surface area contributed by atoms with Crippen LogP contribution in [-0.2, 0) is 77.8 Å². The number of likely N-dealkylation sites (N-methyl/N-ethyl adjacent to an activating group) is 1. The topological polar surface area (TPSA) is 392 Å². The fourth-order valence-electron chi connectivity index (χ4n) is 16.8. The number of Topliss-reactive ketones (excluding diaryl/α,β-unsaturated/α-hetero) is 5. The molecule has 0 radical (unpaired) electrons. The third kappa shape index (κ3) is 35.3. The van der Waals surface area contributed by atoms with Crippen molar-refractivity contribution in [2.24, 2.45) is 59.2 Å². The molecule has 0 aromatic heterocycles. The van der Waals surface area contributed by atoms with Crippen molar-refractivity contribution < 1.29 is 122 Å². The summed E-state index contributed by atoms with van der Waals surface area (Å²) in [5.74, 6) is -1.61. The Morgan fingerprint density at radius 1 is 0.386 bits per heavy atom. The van der Waals surface area contributed by atoms with Gasteiger partial charge in [-0.15, -0.1) is 11.8 Å². The van der Waals surface area contributed by atoms with E-state index in [0.29, 0.717) is 54.2 Å². The van der Waals surface area contributed by atoms with E-state index in [9.17, 15) is 69.9 Å². The maximum absolute atomic E-state index is 12.6. The molecule has 7 rings (SSSR count). The highest BCUT2D eigenvalue weighted by molar-refractivity contribution is 8.02. The molecule has 1 heterocycles. The minimum absolute atomic E-state index is 0.00290. The summed E-state index contributed by atoms with van der Waals surface area (Å²) in [7, 11) is 13.1. The molecule has 0 saturated carbocycles. The minimum Gasteiger partial charge on any atom is -0.496 e. The van der Waals surface area contributed by atoms with Gasteiger partial charge in [0.2, 0.25) is 40.4 Å². The predicted octanol–water partition coefficient (Wildman–Crippen LogP) is 15.6. The lowest BCUT2D eigenvalue weighted by molar-refractivity contribution is -0.299. The van der Waals surface area contributed by atoms with Gasteiger partial charge in [0.25, 0.3) is 0 Å². The number of nitrogens with one attached hydrogen (secondary N) is 1. The molecular formula is C105H163NO25S. The van der Waals surface area contributed by atoms with Gasteiger partial charge in [0, 0.05) is 72.8 Å². The van der Waals surface area contributed by atoms with Crippen LogP contribution in [0.3, 0.4) is 0 Å². The van der Waals surface area contributed by atoms with Crippen molar-refractivity contribution in [1.82, 2.24) is 5.32 Å². The number of aryl methyl sites for hydroxylation is 1. The highest BCUT2D eigenvalue weighted by Crippen LogP contribution is 2.42. The molecule has 744 valence electrons. The Bertz CT molecular complexity index is 4160. The molecule has 27 heteroatoms. The van der Waals surface area contributed by atoms with E-state index in [1.165, 1.54) is 113 Å². The summed E-state index contributed by atoms with van der Waals surface area (Å²) in [6.07, 6.45) is 25.6. The van der Waals surface area contributed by atoms with Crippen LogP contribution in [0.5, 0.6) is 0 Å². The van der Waals surface area contributed by atoms with Gasteiger partial charge in [-0.25, -0.2) is 0 Å². The van der Waals surface area contributed by atoms with Crippen LogP contribution in [0, 0.1) is 59.2 Å². The molecule has 5 aliphatic carbocycles. The quantitative estimate of drug-likeness (QED) is 0.0271. The highest BCUT2D eigenvalue weighted by atomic mass is 32.2. The summed E-state index contributed by atoms with van der Waals surface area (Å²) >= 11 is 1.41. The molecule has 20 atom stereocenters. The number of methoxy groups -OCH3 is 8. The number of allylic oxidation sites excluding steroid dienone is 22. The second-order valence-corrected chi connectivity index (χ2v) is 36.8. The average molecular weight is 1870 g/mol. The summed E-state index contributed by atoms with van der Waals surface area (Å²) in [5, 5.41) is 104. The van der Waals surface area contributed by atoms with E-state index < -0.39 is 79.7 Å². The molecule has 1 saturated heterocycles. The Hall–Kier alpha value is -8.00. The summed E-state index contributed by atoms with van der Waals surface area (Å²) in [4.78, 5) is 63.0. The van der Waals surface area contributed by atoms with Gasteiger partial charge in [0.15, 0.2) is 40.9 Å². The minimum atomic E-state index is -1.51. The molecule has 1 aromatic rings. The van der Waals surface area contributed by atoms with E-state index in [4.69, 9.17) is 52.5 Å². The first-order chi connectivity index (χ1) is 62.6. The van der Waals surface area contributed by atoms with Crippen LogP contribution in [0.4, 0.5) is 0 Å². The number of rotatable bonds is 42. The zero-order valence-corrected chi connectivity index (χ0v) is 84.6. The second-order valence-electron chi connectivity index (χ2n) is 36.0. The van der Waals surface area contributed by atoms with Gasteiger partial charge < -0.3 is 104 Å². The molecule has 1 aromatic carbocycles. The molecule has 26 nitrogen and oxygen atoms in total. The lowest BCUT2D eigenvalue weighted by Crippen LogP contribution is -2.59. The number of thioether (sulfide) groups is 1. The number of carbonyl (C=O) groups is 5. The zero-order valence-electron chi connectivity index (χ0n) is 83.8. The first kappa shape index (κ1) is 118. The standard InChI is InChI=1S/C24H39NO3.C24H38O3S.C21H28O4.C20H32O10.C16H26O5/c1-16(2)10-8-11-17(3)12-9-13-18(4)14-15-20-19(5)22(26)21(25-6)24(28-7)23(20)27;1-16(2)10-8-11-17(3)12-9-13-18(4)14-15-20-19(5)21(25)23(27-6)24(28-7)22(20)26;1-14(10-12-16-8-6-5-7-9-16)11-13-17-15(2)18(22)20(24-3)21(25-4)19(17)23;1-9(8-29-20-17(26)16(25)15(24)12(7-21)30-20)5-6-11-10(2)13(22)18(27-3)19(28-4)14(11)23;1-10(6-5-9-17)7-8-12-11(2)13(18)15(20-3)16(21-4)14(12)19/h10,12,14,19-20,23,25,27H,8-9,11,13,15H2,1-7H3;10,12,14,19-20,22,26H,8-9,11,13,15H2,1-7H3;5-9,11,15,17,19,23H,10,12-13H2,1-4H3;5,10-12,14-17,20-21,23-26H,6-8H2,1-4H3;7,11-12,14,17,19H,5-6,8-9H2,1-4H3/b2*17-12+,18-14+;14-11+;9-5+;10-7+/t;;;10?,11?,12?,14?,15-,16?,17+,20-;/m...0./s1. The number of ketones is 5. The molecular weight excluding hydrogens is 1710 g/mol. The molecule has 17 unspecified atom stereocenters. The van der Waals surface area contributed by atoms with E-state index in [-0.39, 0.29) is 124 Å². The molecule has 6 aliphatic rings. The van der Waals surface area contributed by atoms with Crippen LogP contribution in [-0.4, -0.2) is 231 Å². The molecule has 0 spiro atoms. The van der Waals surface area contributed by atoms with Crippen molar-refractivity contribution >= 4 is 40.7 Å². The van der Waals surface area contributed by atoms with Gasteiger partial charge in [0.1, 0.15) is 54.5 Å². The van der Waals surface area contributed by atoms with Gasteiger partial charge in [-0.2, -0.15) is 0 Å². The average Bonchev–Trinajstić information content (AvgIpc) is 0.812. The Morgan fingerprint density at radius 3 is 1.05 bits per heavy atom. The Balaban J connectivity index is 0.000000427.